The van der Waals surface area contributed by atoms with E-state index in [0.717, 1.165) is 12.8 Å². The number of hydrazone groups is 1. The molecule has 1 atom stereocenters. The molecule has 0 bridgehead atoms. The Labute approximate surface area is 126 Å². The molecule has 108 valence electrons. The molecule has 5 nitrogen and oxygen atoms in total. The first kappa shape index (κ1) is 14.9. The van der Waals surface area contributed by atoms with Gasteiger partial charge in [0.15, 0.2) is 6.23 Å². The molecule has 0 spiro atoms. The van der Waals surface area contributed by atoms with Crippen LogP contribution in [0.2, 0.25) is 10.0 Å². The highest BCUT2D eigenvalue weighted by molar-refractivity contribution is 6.38. The summed E-state index contributed by atoms with van der Waals surface area (Å²) in [7, 11) is 0. The Kier molecular flexibility index (Phi) is 5.09. The third kappa shape index (κ3) is 3.77. The minimum absolute atomic E-state index is 0.494. The van der Waals surface area contributed by atoms with Crippen molar-refractivity contribution in [2.75, 3.05) is 6.54 Å². The SMILES string of the molecule is O=C(O)OC1CCCCN1/N=C/c1c(Cl)cccc1Cl. The fourth-order valence-electron chi connectivity index (χ4n) is 2.02. The number of piperidine rings is 1. The zero-order valence-corrected chi connectivity index (χ0v) is 12.1. The molecular weight excluding hydrogens is 303 g/mol. The lowest BCUT2D eigenvalue weighted by molar-refractivity contribution is -0.0538. The molecule has 1 saturated heterocycles. The molecule has 0 amide bonds. The predicted molar refractivity (Wildman–Crippen MR) is 77.5 cm³/mol. The minimum Gasteiger partial charge on any atom is -0.450 e. The first-order valence-electron chi connectivity index (χ1n) is 6.22. The molecule has 2 rings (SSSR count). The van der Waals surface area contributed by atoms with Crippen molar-refractivity contribution in [1.82, 2.24) is 5.01 Å². The van der Waals surface area contributed by atoms with E-state index in [-0.39, 0.29) is 0 Å². The Morgan fingerprint density at radius 3 is 2.75 bits per heavy atom. The maximum absolute atomic E-state index is 10.7. The Balaban J connectivity index is 2.13. The Morgan fingerprint density at radius 1 is 1.40 bits per heavy atom. The number of carbonyl (C=O) groups is 1. The van der Waals surface area contributed by atoms with E-state index in [9.17, 15) is 4.79 Å². The summed E-state index contributed by atoms with van der Waals surface area (Å²) in [5.74, 6) is 0. The first-order chi connectivity index (χ1) is 9.58. The summed E-state index contributed by atoms with van der Waals surface area (Å²) in [6.45, 7) is 0.635. The van der Waals surface area contributed by atoms with Gasteiger partial charge in [-0.15, -0.1) is 0 Å². The lowest BCUT2D eigenvalue weighted by Gasteiger charge is -2.31. The molecule has 20 heavy (non-hydrogen) atoms. The molecule has 1 aliphatic heterocycles. The van der Waals surface area contributed by atoms with Gasteiger partial charge in [0.25, 0.3) is 0 Å². The van der Waals surface area contributed by atoms with Crippen molar-refractivity contribution in [3.8, 4) is 0 Å². The molecule has 0 aromatic heterocycles. The van der Waals surface area contributed by atoms with Gasteiger partial charge in [-0.1, -0.05) is 29.3 Å². The second-order valence-electron chi connectivity index (χ2n) is 4.38. The van der Waals surface area contributed by atoms with Gasteiger partial charge in [0, 0.05) is 18.5 Å². The van der Waals surface area contributed by atoms with E-state index in [1.54, 1.807) is 23.2 Å². The van der Waals surface area contributed by atoms with Gasteiger partial charge in [-0.05, 0) is 25.0 Å². The molecule has 1 aromatic carbocycles. The number of ether oxygens (including phenoxy) is 1. The molecule has 1 aromatic rings. The normalized spacial score (nSPS) is 19.3. The number of hydrogen-bond acceptors (Lipinski definition) is 4. The third-order valence-corrected chi connectivity index (χ3v) is 3.65. The lowest BCUT2D eigenvalue weighted by atomic mass is 10.1. The second-order valence-corrected chi connectivity index (χ2v) is 5.19. The zero-order chi connectivity index (χ0) is 14.5. The van der Waals surface area contributed by atoms with Crippen molar-refractivity contribution in [2.45, 2.75) is 25.5 Å². The van der Waals surface area contributed by atoms with Crippen LogP contribution in [0.15, 0.2) is 23.3 Å². The maximum atomic E-state index is 10.7. The zero-order valence-electron chi connectivity index (χ0n) is 10.6. The summed E-state index contributed by atoms with van der Waals surface area (Å²) in [6.07, 6.45) is 2.16. The average Bonchev–Trinajstić information content (AvgIpc) is 2.39. The van der Waals surface area contributed by atoms with E-state index in [0.29, 0.717) is 28.6 Å². The summed E-state index contributed by atoms with van der Waals surface area (Å²) in [6, 6.07) is 5.19. The largest absolute Gasteiger partial charge is 0.507 e. The first-order valence-corrected chi connectivity index (χ1v) is 6.98. The Bertz CT molecular complexity index is 502. The quantitative estimate of drug-likeness (QED) is 0.680. The van der Waals surface area contributed by atoms with Crippen molar-refractivity contribution >= 4 is 35.6 Å². The molecular formula is C13H14Cl2N2O3. The molecule has 0 radical (unpaired) electrons. The van der Waals surface area contributed by atoms with Crippen molar-refractivity contribution in [1.29, 1.82) is 0 Å². The van der Waals surface area contributed by atoms with Gasteiger partial charge >= 0.3 is 6.16 Å². The highest BCUT2D eigenvalue weighted by Crippen LogP contribution is 2.23. The Morgan fingerprint density at radius 2 is 2.10 bits per heavy atom. The van der Waals surface area contributed by atoms with Crippen LogP contribution < -0.4 is 0 Å². The smallest absolute Gasteiger partial charge is 0.450 e. The number of halogens is 2. The molecule has 1 N–H and O–H groups in total. The van der Waals surface area contributed by atoms with Crippen LogP contribution in [0.1, 0.15) is 24.8 Å². The molecule has 1 unspecified atom stereocenters. The summed E-state index contributed by atoms with van der Waals surface area (Å²) < 4.78 is 4.82. The number of hydrogen-bond donors (Lipinski definition) is 1. The van der Waals surface area contributed by atoms with Crippen molar-refractivity contribution in [3.05, 3.63) is 33.8 Å². The van der Waals surface area contributed by atoms with Crippen LogP contribution in [0.3, 0.4) is 0 Å². The summed E-state index contributed by atoms with van der Waals surface area (Å²) in [5, 5.41) is 15.6. The standard InChI is InChI=1S/C13H14Cl2N2O3/c14-10-4-3-5-11(15)9(10)8-16-17-7-2-1-6-12(17)20-13(18)19/h3-5,8,12H,1-2,6-7H2,(H,18,19)/b16-8+. The maximum Gasteiger partial charge on any atom is 0.507 e. The summed E-state index contributed by atoms with van der Waals surface area (Å²) in [5.41, 5.74) is 0.607. The highest BCUT2D eigenvalue weighted by Gasteiger charge is 2.24. The fraction of sp³-hybridized carbons (Fsp3) is 0.385. The molecule has 7 heteroatoms. The topological polar surface area (TPSA) is 62.1 Å². The van der Waals surface area contributed by atoms with Gasteiger partial charge < -0.3 is 9.84 Å². The van der Waals surface area contributed by atoms with Gasteiger partial charge in [0.1, 0.15) is 0 Å². The average molecular weight is 317 g/mol. The van der Waals surface area contributed by atoms with Gasteiger partial charge in [-0.3, -0.25) is 5.01 Å². The number of benzene rings is 1. The van der Waals surface area contributed by atoms with Crippen molar-refractivity contribution in [2.24, 2.45) is 5.10 Å². The highest BCUT2D eigenvalue weighted by atomic mass is 35.5. The number of nitrogens with zero attached hydrogens (tertiary/aromatic N) is 2. The van der Waals surface area contributed by atoms with Crippen LogP contribution in [0, 0.1) is 0 Å². The monoisotopic (exact) mass is 316 g/mol. The van der Waals surface area contributed by atoms with Crippen LogP contribution in [-0.2, 0) is 4.74 Å². The van der Waals surface area contributed by atoms with Gasteiger partial charge in [0.05, 0.1) is 16.3 Å². The fourth-order valence-corrected chi connectivity index (χ4v) is 2.51. The second kappa shape index (κ2) is 6.81. The molecule has 1 aliphatic rings. The van der Waals surface area contributed by atoms with E-state index in [1.807, 2.05) is 0 Å². The van der Waals surface area contributed by atoms with Gasteiger partial charge in [0.2, 0.25) is 0 Å². The third-order valence-electron chi connectivity index (χ3n) is 2.99. The number of carboxylic acid groups (broad SMARTS) is 1. The van der Waals surface area contributed by atoms with Crippen LogP contribution in [0.5, 0.6) is 0 Å². The van der Waals surface area contributed by atoms with Crippen LogP contribution in [-0.4, -0.2) is 35.3 Å². The minimum atomic E-state index is -1.30. The van der Waals surface area contributed by atoms with Crippen molar-refractivity contribution in [3.63, 3.8) is 0 Å². The molecule has 0 saturated carbocycles. The van der Waals surface area contributed by atoms with Gasteiger partial charge in [-0.25, -0.2) is 4.79 Å². The van der Waals surface area contributed by atoms with E-state index >= 15 is 0 Å². The molecule has 0 aliphatic carbocycles. The van der Waals surface area contributed by atoms with E-state index < -0.39 is 12.4 Å². The Hall–Kier alpha value is -1.46. The van der Waals surface area contributed by atoms with E-state index in [1.165, 1.54) is 6.21 Å². The van der Waals surface area contributed by atoms with Crippen LogP contribution >= 0.6 is 23.2 Å². The predicted octanol–water partition coefficient (Wildman–Crippen LogP) is 3.83. The number of rotatable bonds is 3. The lowest BCUT2D eigenvalue weighted by Crippen LogP contribution is -2.38. The van der Waals surface area contributed by atoms with E-state index in [4.69, 9.17) is 33.0 Å². The summed E-state index contributed by atoms with van der Waals surface area (Å²) >= 11 is 12.1. The molecule has 1 fully saturated rings. The van der Waals surface area contributed by atoms with Crippen molar-refractivity contribution < 1.29 is 14.6 Å². The van der Waals surface area contributed by atoms with E-state index in [2.05, 4.69) is 5.10 Å². The van der Waals surface area contributed by atoms with Crippen LogP contribution in [0.25, 0.3) is 0 Å². The van der Waals surface area contributed by atoms with Gasteiger partial charge in [-0.2, -0.15) is 5.10 Å². The van der Waals surface area contributed by atoms with Crippen LogP contribution in [0.4, 0.5) is 4.79 Å². The summed E-state index contributed by atoms with van der Waals surface area (Å²) in [4.78, 5) is 10.7. The molecule has 1 heterocycles.